The molecule has 0 aliphatic heterocycles. The molecule has 0 saturated carbocycles. The van der Waals surface area contributed by atoms with Crippen LogP contribution >= 0.6 is 22.9 Å². The van der Waals surface area contributed by atoms with Gasteiger partial charge >= 0.3 is 0 Å². The van der Waals surface area contributed by atoms with Crippen LogP contribution in [0.3, 0.4) is 0 Å². The summed E-state index contributed by atoms with van der Waals surface area (Å²) >= 11 is 7.22. The Bertz CT molecular complexity index is 553. The van der Waals surface area contributed by atoms with E-state index >= 15 is 0 Å². The molecular weight excluding hydrogens is 258 g/mol. The van der Waals surface area contributed by atoms with Gasteiger partial charge in [0.05, 0.1) is 0 Å². The van der Waals surface area contributed by atoms with Crippen molar-refractivity contribution < 1.29 is 4.79 Å². The molecule has 0 atom stereocenters. The van der Waals surface area contributed by atoms with E-state index < -0.39 is 0 Å². The zero-order chi connectivity index (χ0) is 12.3. The Kier molecular flexibility index (Phi) is 3.51. The van der Waals surface area contributed by atoms with Crippen molar-refractivity contribution in [2.45, 2.75) is 0 Å². The number of rotatable bonds is 3. The van der Waals surface area contributed by atoms with Crippen LogP contribution < -0.4 is 5.32 Å². The van der Waals surface area contributed by atoms with Crippen molar-refractivity contribution in [2.75, 3.05) is 5.32 Å². The van der Waals surface area contributed by atoms with Crippen LogP contribution in [-0.2, 0) is 4.79 Å². The fourth-order valence-electron chi connectivity index (χ4n) is 1.15. The predicted molar refractivity (Wildman–Crippen MR) is 69.2 cm³/mol. The molecule has 2 rings (SSSR count). The summed E-state index contributed by atoms with van der Waals surface area (Å²) < 4.78 is 0. The lowest BCUT2D eigenvalue weighted by Crippen LogP contribution is -2.05. The van der Waals surface area contributed by atoms with Gasteiger partial charge in [0.25, 0.3) is 0 Å². The normalized spacial score (nSPS) is 9.94. The standard InChI is InChI=1S/C11H8ClN3OS/c1-2-8(16)14-11-9(12)15-10(17-11)7-4-3-5-13-6-7/h2-6H,1H2,(H,14,16). The number of nitrogens with zero attached hydrogens (tertiary/aromatic N) is 2. The third kappa shape index (κ3) is 2.69. The molecule has 0 aliphatic rings. The lowest BCUT2D eigenvalue weighted by atomic mass is 10.3. The molecule has 2 heterocycles. The smallest absolute Gasteiger partial charge is 0.248 e. The number of anilines is 1. The monoisotopic (exact) mass is 265 g/mol. The zero-order valence-electron chi connectivity index (χ0n) is 8.68. The molecule has 0 fully saturated rings. The molecule has 0 aliphatic carbocycles. The Morgan fingerprint density at radius 1 is 1.59 bits per heavy atom. The summed E-state index contributed by atoms with van der Waals surface area (Å²) in [6.45, 7) is 3.37. The van der Waals surface area contributed by atoms with Crippen molar-refractivity contribution in [2.24, 2.45) is 0 Å². The maximum Gasteiger partial charge on any atom is 0.248 e. The van der Waals surface area contributed by atoms with E-state index in [1.807, 2.05) is 12.1 Å². The van der Waals surface area contributed by atoms with E-state index in [9.17, 15) is 4.79 Å². The van der Waals surface area contributed by atoms with Gasteiger partial charge in [-0.05, 0) is 18.2 Å². The van der Waals surface area contributed by atoms with Crippen LogP contribution in [0.1, 0.15) is 0 Å². The van der Waals surface area contributed by atoms with Crippen molar-refractivity contribution in [1.82, 2.24) is 9.97 Å². The highest BCUT2D eigenvalue weighted by molar-refractivity contribution is 7.19. The van der Waals surface area contributed by atoms with Crippen molar-refractivity contribution in [1.29, 1.82) is 0 Å². The number of nitrogens with one attached hydrogen (secondary N) is 1. The number of aromatic nitrogens is 2. The van der Waals surface area contributed by atoms with Crippen LogP contribution in [0.4, 0.5) is 5.00 Å². The highest BCUT2D eigenvalue weighted by atomic mass is 35.5. The van der Waals surface area contributed by atoms with Gasteiger partial charge in [-0.2, -0.15) is 0 Å². The van der Waals surface area contributed by atoms with Gasteiger partial charge < -0.3 is 5.32 Å². The Morgan fingerprint density at radius 3 is 3.06 bits per heavy atom. The summed E-state index contributed by atoms with van der Waals surface area (Å²) in [5, 5.41) is 4.08. The Balaban J connectivity index is 2.31. The maximum atomic E-state index is 11.2. The van der Waals surface area contributed by atoms with Crippen molar-refractivity contribution in [3.8, 4) is 10.6 Å². The number of hydrogen-bond donors (Lipinski definition) is 1. The molecule has 0 bridgehead atoms. The molecule has 6 heteroatoms. The van der Waals surface area contributed by atoms with Crippen molar-refractivity contribution >= 4 is 33.8 Å². The molecule has 86 valence electrons. The summed E-state index contributed by atoms with van der Waals surface area (Å²) in [6.07, 6.45) is 4.55. The minimum atomic E-state index is -0.312. The van der Waals surface area contributed by atoms with Crippen LogP contribution in [0.5, 0.6) is 0 Å². The maximum absolute atomic E-state index is 11.2. The lowest BCUT2D eigenvalue weighted by Gasteiger charge is -1.95. The van der Waals surface area contributed by atoms with Crippen LogP contribution in [0.2, 0.25) is 5.15 Å². The van der Waals surface area contributed by atoms with E-state index in [-0.39, 0.29) is 11.1 Å². The molecule has 4 nitrogen and oxygen atoms in total. The molecule has 1 N–H and O–H groups in total. The summed E-state index contributed by atoms with van der Waals surface area (Å²) in [4.78, 5) is 19.3. The van der Waals surface area contributed by atoms with Crippen molar-refractivity contribution in [3.63, 3.8) is 0 Å². The Labute approximate surface area is 107 Å². The topological polar surface area (TPSA) is 54.9 Å². The fraction of sp³-hybridized carbons (Fsp3) is 0. The van der Waals surface area contributed by atoms with Crippen LogP contribution in [0, 0.1) is 0 Å². The summed E-state index contributed by atoms with van der Waals surface area (Å²) in [6, 6.07) is 3.69. The van der Waals surface area contributed by atoms with Gasteiger partial charge in [-0.25, -0.2) is 4.98 Å². The van der Waals surface area contributed by atoms with E-state index in [0.29, 0.717) is 10.0 Å². The Hall–Kier alpha value is -1.72. The number of halogens is 1. The second-order valence-corrected chi connectivity index (χ2v) is 4.43. The Morgan fingerprint density at radius 2 is 2.41 bits per heavy atom. The molecule has 17 heavy (non-hydrogen) atoms. The largest absolute Gasteiger partial charge is 0.311 e. The predicted octanol–water partition coefficient (Wildman–Crippen LogP) is 2.98. The fourth-order valence-corrected chi connectivity index (χ4v) is 2.30. The molecule has 0 spiro atoms. The molecule has 0 saturated heterocycles. The van der Waals surface area contributed by atoms with Gasteiger partial charge in [-0.3, -0.25) is 9.78 Å². The highest BCUT2D eigenvalue weighted by Gasteiger charge is 2.12. The molecule has 0 radical (unpaired) electrons. The summed E-state index contributed by atoms with van der Waals surface area (Å²) in [7, 11) is 0. The van der Waals surface area contributed by atoms with Crippen LogP contribution in [-0.4, -0.2) is 15.9 Å². The molecule has 1 amide bonds. The number of carbonyl (C=O) groups is 1. The first kappa shape index (κ1) is 11.8. The van der Waals surface area contributed by atoms with Gasteiger partial charge in [0, 0.05) is 18.0 Å². The number of carbonyl (C=O) groups excluding carboxylic acids is 1. The number of thiazole rings is 1. The van der Waals surface area contributed by atoms with Crippen LogP contribution in [0.25, 0.3) is 10.6 Å². The van der Waals surface area contributed by atoms with Gasteiger partial charge in [0.1, 0.15) is 10.0 Å². The highest BCUT2D eigenvalue weighted by Crippen LogP contribution is 2.34. The first-order chi connectivity index (χ1) is 8.20. The van der Waals surface area contributed by atoms with E-state index in [1.165, 1.54) is 17.4 Å². The average Bonchev–Trinajstić information content (AvgIpc) is 2.72. The molecular formula is C11H8ClN3OS. The summed E-state index contributed by atoms with van der Waals surface area (Å²) in [5.74, 6) is -0.312. The second kappa shape index (κ2) is 5.07. The zero-order valence-corrected chi connectivity index (χ0v) is 10.3. The quantitative estimate of drug-likeness (QED) is 0.868. The molecule has 2 aromatic rings. The van der Waals surface area contributed by atoms with Crippen molar-refractivity contribution in [3.05, 3.63) is 42.3 Å². The average molecular weight is 266 g/mol. The van der Waals surface area contributed by atoms with E-state index in [1.54, 1.807) is 12.4 Å². The third-order valence-electron chi connectivity index (χ3n) is 1.92. The minimum absolute atomic E-state index is 0.268. The molecule has 0 aromatic carbocycles. The first-order valence-electron chi connectivity index (χ1n) is 4.71. The summed E-state index contributed by atoms with van der Waals surface area (Å²) in [5.41, 5.74) is 0.860. The first-order valence-corrected chi connectivity index (χ1v) is 5.90. The van der Waals surface area contributed by atoms with Gasteiger partial charge in [-0.15, -0.1) is 0 Å². The lowest BCUT2D eigenvalue weighted by molar-refractivity contribution is -0.111. The van der Waals surface area contributed by atoms with E-state index in [0.717, 1.165) is 5.56 Å². The molecule has 0 unspecified atom stereocenters. The number of hydrogen-bond acceptors (Lipinski definition) is 4. The van der Waals surface area contributed by atoms with E-state index in [4.69, 9.17) is 11.6 Å². The second-order valence-electron chi connectivity index (χ2n) is 3.07. The number of pyridine rings is 1. The van der Waals surface area contributed by atoms with Crippen LogP contribution in [0.15, 0.2) is 37.2 Å². The SMILES string of the molecule is C=CC(=O)Nc1sc(-c2cccnc2)nc1Cl. The third-order valence-corrected chi connectivity index (χ3v) is 3.32. The number of amides is 1. The van der Waals surface area contributed by atoms with E-state index in [2.05, 4.69) is 21.9 Å². The van der Waals surface area contributed by atoms with Gasteiger partial charge in [-0.1, -0.05) is 29.5 Å². The molecule has 2 aromatic heterocycles. The van der Waals surface area contributed by atoms with Gasteiger partial charge in [0.15, 0.2) is 5.15 Å². The van der Waals surface area contributed by atoms with Gasteiger partial charge in [0.2, 0.25) is 5.91 Å². The minimum Gasteiger partial charge on any atom is -0.311 e.